The molecule has 51 heavy (non-hydrogen) atoms. The molecule has 0 aliphatic heterocycles. The number of aromatic nitrogens is 3. The van der Waals surface area contributed by atoms with E-state index >= 15 is 0 Å². The Labute approximate surface area is 292 Å². The van der Waals surface area contributed by atoms with E-state index in [-0.39, 0.29) is 44.0 Å². The van der Waals surface area contributed by atoms with Gasteiger partial charge >= 0.3 is 5.97 Å². The van der Waals surface area contributed by atoms with E-state index in [1.165, 1.54) is 54.6 Å². The molecule has 1 aromatic heterocycles. The van der Waals surface area contributed by atoms with E-state index < -0.39 is 31.1 Å². The minimum atomic E-state index is -4.68. The van der Waals surface area contributed by atoms with E-state index in [2.05, 4.69) is 40.3 Å². The van der Waals surface area contributed by atoms with Crippen LogP contribution in [-0.2, 0) is 29.6 Å². The van der Waals surface area contributed by atoms with Crippen molar-refractivity contribution in [3.05, 3.63) is 96.1 Å². The predicted octanol–water partition coefficient (Wildman–Crippen LogP) is 6.34. The molecule has 0 spiro atoms. The molecule has 0 radical (unpaired) electrons. The number of rotatable bonds is 12. The minimum Gasteiger partial charge on any atom is -0.478 e. The second-order valence-corrected chi connectivity index (χ2v) is 14.4. The molecule has 0 amide bonds. The highest BCUT2D eigenvalue weighted by molar-refractivity contribution is 7.94. The average molecular weight is 753 g/mol. The zero-order valence-electron chi connectivity index (χ0n) is 25.8. The fraction of sp³-hybridized carbons (Fsp3) is 0.0323. The third-order valence-electron chi connectivity index (χ3n) is 7.18. The summed E-state index contributed by atoms with van der Waals surface area (Å²) < 4.78 is 72.3. The highest BCUT2D eigenvalue weighted by Gasteiger charge is 2.19. The molecule has 6 aromatic rings. The van der Waals surface area contributed by atoms with Crippen LogP contribution in [0.15, 0.2) is 99.6 Å². The van der Waals surface area contributed by atoms with Gasteiger partial charge in [-0.05, 0) is 83.9 Å². The van der Waals surface area contributed by atoms with Crippen molar-refractivity contribution < 1.29 is 50.5 Å². The SMILES string of the molecule is Cc1cc(S(=O)(=O)O)c2ccc(Nc3nc(Nc4cccc(C(=O)O)c4)nc(Nc4ccc5c(S(=O)(=O)O)cc(SOOO)cc5c4)n3)cc2c1. The van der Waals surface area contributed by atoms with E-state index in [1.807, 2.05) is 0 Å². The third kappa shape index (κ3) is 8.30. The molecule has 262 valence electrons. The monoisotopic (exact) mass is 752 g/mol. The number of aryl methyl sites for hydroxylation is 1. The number of carboxylic acids is 1. The van der Waals surface area contributed by atoms with Crippen molar-refractivity contribution in [3.63, 3.8) is 0 Å². The first kappa shape index (κ1) is 35.4. The maximum atomic E-state index is 12.1. The molecular formula is C31H24N6O11S3. The van der Waals surface area contributed by atoms with Crippen LogP contribution in [0.1, 0.15) is 15.9 Å². The first-order chi connectivity index (χ1) is 24.2. The van der Waals surface area contributed by atoms with Crippen LogP contribution in [0.2, 0.25) is 0 Å². The van der Waals surface area contributed by atoms with E-state index in [9.17, 15) is 35.8 Å². The fourth-order valence-electron chi connectivity index (χ4n) is 5.13. The molecule has 17 nitrogen and oxygen atoms in total. The lowest BCUT2D eigenvalue weighted by atomic mass is 10.1. The molecule has 20 heteroatoms. The van der Waals surface area contributed by atoms with Gasteiger partial charge in [0, 0.05) is 32.7 Å². The van der Waals surface area contributed by atoms with Crippen molar-refractivity contribution in [2.24, 2.45) is 0 Å². The van der Waals surface area contributed by atoms with Crippen LogP contribution in [0.25, 0.3) is 21.5 Å². The summed E-state index contributed by atoms with van der Waals surface area (Å²) in [4.78, 5) is 24.3. The molecule has 5 aromatic carbocycles. The van der Waals surface area contributed by atoms with Gasteiger partial charge in [-0.3, -0.25) is 9.11 Å². The summed E-state index contributed by atoms with van der Waals surface area (Å²) in [7, 11) is -9.18. The molecule has 0 saturated carbocycles. The van der Waals surface area contributed by atoms with Crippen molar-refractivity contribution in [1.82, 2.24) is 15.0 Å². The summed E-state index contributed by atoms with van der Waals surface area (Å²) in [5.74, 6) is -1.18. The molecule has 0 bridgehead atoms. The van der Waals surface area contributed by atoms with Crippen molar-refractivity contribution in [3.8, 4) is 0 Å². The third-order valence-corrected chi connectivity index (χ3v) is 9.52. The Hall–Kier alpha value is -5.45. The van der Waals surface area contributed by atoms with Crippen molar-refractivity contribution in [2.45, 2.75) is 21.6 Å². The van der Waals surface area contributed by atoms with Gasteiger partial charge in [0.1, 0.15) is 9.79 Å². The van der Waals surface area contributed by atoms with Crippen LogP contribution in [0, 0.1) is 6.92 Å². The number of nitrogens with zero attached hydrogens (tertiary/aromatic N) is 3. The van der Waals surface area contributed by atoms with Crippen LogP contribution < -0.4 is 16.0 Å². The average Bonchev–Trinajstić information content (AvgIpc) is 3.05. The van der Waals surface area contributed by atoms with Gasteiger partial charge in [-0.2, -0.15) is 31.8 Å². The molecule has 0 atom stereocenters. The number of benzene rings is 5. The second-order valence-electron chi connectivity index (χ2n) is 10.8. The summed E-state index contributed by atoms with van der Waals surface area (Å²) in [6.07, 6.45) is 0. The Morgan fingerprint density at radius 1 is 0.686 bits per heavy atom. The molecule has 6 rings (SSSR count). The normalized spacial score (nSPS) is 11.8. The van der Waals surface area contributed by atoms with Crippen LogP contribution >= 0.6 is 12.0 Å². The molecule has 7 N–H and O–H groups in total. The van der Waals surface area contributed by atoms with Gasteiger partial charge in [0.2, 0.25) is 17.8 Å². The quantitative estimate of drug-likeness (QED) is 0.0311. The maximum Gasteiger partial charge on any atom is 0.335 e. The van der Waals surface area contributed by atoms with Crippen LogP contribution in [0.3, 0.4) is 0 Å². The van der Waals surface area contributed by atoms with Crippen LogP contribution in [0.5, 0.6) is 0 Å². The lowest BCUT2D eigenvalue weighted by molar-refractivity contribution is -0.432. The summed E-state index contributed by atoms with van der Waals surface area (Å²) >= 11 is 0.490. The van der Waals surface area contributed by atoms with E-state index in [0.717, 1.165) is 6.07 Å². The Bertz CT molecular complexity index is 2570. The van der Waals surface area contributed by atoms with E-state index in [0.29, 0.717) is 45.4 Å². The zero-order chi connectivity index (χ0) is 36.5. The first-order valence-electron chi connectivity index (χ1n) is 14.3. The molecule has 0 fully saturated rings. The van der Waals surface area contributed by atoms with Gasteiger partial charge in [0.15, 0.2) is 0 Å². The summed E-state index contributed by atoms with van der Waals surface area (Å²) in [6.45, 7) is 1.68. The molecule has 0 aliphatic rings. The highest BCUT2D eigenvalue weighted by atomic mass is 32.2. The van der Waals surface area contributed by atoms with Gasteiger partial charge in [0.05, 0.1) is 17.6 Å². The van der Waals surface area contributed by atoms with E-state index in [1.54, 1.807) is 31.2 Å². The van der Waals surface area contributed by atoms with Crippen molar-refractivity contribution in [1.29, 1.82) is 0 Å². The Morgan fingerprint density at radius 3 is 1.71 bits per heavy atom. The number of carbonyl (C=O) groups is 1. The topological polar surface area (TPSA) is 259 Å². The van der Waals surface area contributed by atoms with Gasteiger partial charge < -0.3 is 21.1 Å². The number of hydrogen-bond donors (Lipinski definition) is 7. The predicted molar refractivity (Wildman–Crippen MR) is 186 cm³/mol. The summed E-state index contributed by atoms with van der Waals surface area (Å²) in [5.41, 5.74) is 1.75. The van der Waals surface area contributed by atoms with Gasteiger partial charge in [0.25, 0.3) is 20.2 Å². The van der Waals surface area contributed by atoms with Gasteiger partial charge in [-0.15, -0.1) is 4.33 Å². The lowest BCUT2D eigenvalue weighted by Gasteiger charge is -2.13. The summed E-state index contributed by atoms with van der Waals surface area (Å²) in [6, 6.07) is 20.8. The highest BCUT2D eigenvalue weighted by Crippen LogP contribution is 2.33. The minimum absolute atomic E-state index is 0.000633. The molecule has 0 unspecified atom stereocenters. The van der Waals surface area contributed by atoms with Crippen LogP contribution in [-0.4, -0.2) is 57.2 Å². The number of fused-ring (bicyclic) bond motifs is 2. The van der Waals surface area contributed by atoms with Crippen molar-refractivity contribution in [2.75, 3.05) is 16.0 Å². The molecule has 1 heterocycles. The number of anilines is 6. The standard InChI is InChI=1S/C31H24N6O11S3/c1-16-9-18-12-21(5-7-24(18)26(10-16)50(41,42)43)33-30-35-29(32-20-4-2-3-17(11-20)28(38)39)36-31(37-30)34-22-6-8-25-19(13-22)14-23(49-48-47-40)15-27(25)51(44,45)46/h2-15,40H,1H3,(H,38,39)(H,41,42,43)(H,44,45,46)(H3,32,33,34,35,36,37). The smallest absolute Gasteiger partial charge is 0.335 e. The Balaban J connectivity index is 1.40. The number of aromatic carboxylic acids is 1. The largest absolute Gasteiger partial charge is 0.478 e. The number of hydrogen-bond acceptors (Lipinski definition) is 15. The molecule has 0 saturated heterocycles. The van der Waals surface area contributed by atoms with Crippen LogP contribution in [0.4, 0.5) is 34.9 Å². The number of carboxylic acid groups (broad SMARTS) is 1. The lowest BCUT2D eigenvalue weighted by Crippen LogP contribution is -2.08. The molecule has 0 aliphatic carbocycles. The van der Waals surface area contributed by atoms with Gasteiger partial charge in [-0.1, -0.05) is 29.3 Å². The second kappa shape index (κ2) is 14.0. The fourth-order valence-corrected chi connectivity index (χ4v) is 7.20. The number of nitrogens with one attached hydrogen (secondary N) is 3. The zero-order valence-corrected chi connectivity index (χ0v) is 28.2. The first-order valence-corrected chi connectivity index (χ1v) is 17.9. The maximum absolute atomic E-state index is 12.1. The Morgan fingerprint density at radius 2 is 1.20 bits per heavy atom. The van der Waals surface area contributed by atoms with E-state index in [4.69, 9.17) is 5.26 Å². The summed E-state index contributed by atoms with van der Waals surface area (Å²) in [5, 5.41) is 31.9. The Kier molecular flexibility index (Phi) is 9.75. The van der Waals surface area contributed by atoms with Crippen molar-refractivity contribution >= 4 is 94.7 Å². The van der Waals surface area contributed by atoms with Gasteiger partial charge in [-0.25, -0.2) is 10.1 Å². The molecular weight excluding hydrogens is 729 g/mol.